The standard InChI is InChI=1S/C27H26N2O7S/c1-6-36-26(33)24-15(3)28-27(37-24)29-21(18-9-7-8-10-19(18)35-5)20(23(31)25(29)32)22(30)17-12-11-16(34-4)13-14(17)2/h7-13,21,30H,6H2,1-5H3/t21-/m1/s1. The quantitative estimate of drug-likeness (QED) is 0.208. The Morgan fingerprint density at radius 1 is 1.11 bits per heavy atom. The van der Waals surface area contributed by atoms with E-state index in [1.54, 1.807) is 63.2 Å². The van der Waals surface area contributed by atoms with E-state index in [0.29, 0.717) is 33.9 Å². The molecule has 4 rings (SSSR count). The van der Waals surface area contributed by atoms with Gasteiger partial charge >= 0.3 is 11.9 Å². The Hall–Kier alpha value is -4.18. The number of anilines is 1. The molecule has 0 radical (unpaired) electrons. The molecule has 0 spiro atoms. The second-order valence-corrected chi connectivity index (χ2v) is 9.20. The first-order valence-electron chi connectivity index (χ1n) is 11.5. The van der Waals surface area contributed by atoms with Crippen LogP contribution in [-0.2, 0) is 14.3 Å². The molecule has 1 saturated heterocycles. The number of methoxy groups -OCH3 is 2. The fourth-order valence-electron chi connectivity index (χ4n) is 4.26. The second-order valence-electron chi connectivity index (χ2n) is 8.22. The van der Waals surface area contributed by atoms with Gasteiger partial charge in [-0.3, -0.25) is 14.5 Å². The van der Waals surface area contributed by atoms with Crippen molar-refractivity contribution >= 4 is 39.9 Å². The molecule has 1 fully saturated rings. The van der Waals surface area contributed by atoms with Gasteiger partial charge in [-0.25, -0.2) is 9.78 Å². The van der Waals surface area contributed by atoms with Crippen LogP contribution in [0.1, 0.15) is 45.0 Å². The molecule has 0 bridgehead atoms. The largest absolute Gasteiger partial charge is 0.507 e. The average molecular weight is 523 g/mol. The molecule has 1 aliphatic rings. The highest BCUT2D eigenvalue weighted by atomic mass is 32.1. The Morgan fingerprint density at radius 3 is 2.49 bits per heavy atom. The van der Waals surface area contributed by atoms with Gasteiger partial charge in [-0.05, 0) is 50.6 Å². The molecule has 2 aromatic carbocycles. The van der Waals surface area contributed by atoms with E-state index in [1.165, 1.54) is 19.1 Å². The Labute approximate surface area is 217 Å². The number of aliphatic hydroxyl groups is 1. The van der Waals surface area contributed by atoms with E-state index in [9.17, 15) is 19.5 Å². The average Bonchev–Trinajstić information content (AvgIpc) is 3.40. The minimum Gasteiger partial charge on any atom is -0.507 e. The smallest absolute Gasteiger partial charge is 0.350 e. The van der Waals surface area contributed by atoms with Gasteiger partial charge in [0.2, 0.25) is 0 Å². The third-order valence-corrected chi connectivity index (χ3v) is 7.16. The minimum atomic E-state index is -1.06. The summed E-state index contributed by atoms with van der Waals surface area (Å²) in [5.41, 5.74) is 1.75. The van der Waals surface area contributed by atoms with Crippen LogP contribution in [0.25, 0.3) is 5.76 Å². The number of ketones is 1. The Kier molecular flexibility index (Phi) is 7.30. The second kappa shape index (κ2) is 10.4. The number of amides is 1. The van der Waals surface area contributed by atoms with Crippen molar-refractivity contribution in [3.05, 3.63) is 75.3 Å². The molecule has 37 heavy (non-hydrogen) atoms. The fourth-order valence-corrected chi connectivity index (χ4v) is 5.25. The van der Waals surface area contributed by atoms with Gasteiger partial charge in [-0.15, -0.1) is 0 Å². The molecule has 1 atom stereocenters. The number of carbonyl (C=O) groups is 3. The lowest BCUT2D eigenvalue weighted by Gasteiger charge is -2.24. The van der Waals surface area contributed by atoms with E-state index in [0.717, 1.165) is 11.3 Å². The lowest BCUT2D eigenvalue weighted by molar-refractivity contribution is -0.132. The van der Waals surface area contributed by atoms with E-state index < -0.39 is 23.7 Å². The first-order valence-corrected chi connectivity index (χ1v) is 12.3. The zero-order chi connectivity index (χ0) is 26.9. The molecule has 0 saturated carbocycles. The molecule has 0 unspecified atom stereocenters. The van der Waals surface area contributed by atoms with Crippen LogP contribution >= 0.6 is 11.3 Å². The Morgan fingerprint density at radius 2 is 1.84 bits per heavy atom. The van der Waals surface area contributed by atoms with Crippen molar-refractivity contribution in [2.45, 2.75) is 26.8 Å². The number of esters is 1. The molecular weight excluding hydrogens is 496 g/mol. The van der Waals surface area contributed by atoms with Crippen molar-refractivity contribution in [2.24, 2.45) is 0 Å². The number of carbonyl (C=O) groups excluding carboxylic acids is 3. The van der Waals surface area contributed by atoms with Crippen molar-refractivity contribution < 1.29 is 33.7 Å². The number of rotatable bonds is 7. The lowest BCUT2D eigenvalue weighted by atomic mass is 9.93. The van der Waals surface area contributed by atoms with Crippen LogP contribution in [-0.4, -0.2) is 48.6 Å². The third-order valence-electron chi connectivity index (χ3n) is 6.02. The van der Waals surface area contributed by atoms with Gasteiger partial charge in [0.05, 0.1) is 32.1 Å². The van der Waals surface area contributed by atoms with Gasteiger partial charge in [-0.2, -0.15) is 0 Å². The lowest BCUT2D eigenvalue weighted by Crippen LogP contribution is -2.29. The molecule has 9 nitrogen and oxygen atoms in total. The SMILES string of the molecule is CCOC(=O)c1sc(N2C(=O)C(=O)C(=C(O)c3ccc(OC)cc3C)[C@H]2c2ccccc2OC)nc1C. The summed E-state index contributed by atoms with van der Waals surface area (Å²) in [7, 11) is 3.01. The molecule has 1 N–H and O–H groups in total. The van der Waals surface area contributed by atoms with Crippen LogP contribution in [0.5, 0.6) is 11.5 Å². The monoisotopic (exact) mass is 522 g/mol. The highest BCUT2D eigenvalue weighted by molar-refractivity contribution is 7.17. The zero-order valence-electron chi connectivity index (χ0n) is 21.0. The predicted octanol–water partition coefficient (Wildman–Crippen LogP) is 4.58. The summed E-state index contributed by atoms with van der Waals surface area (Å²) in [6.07, 6.45) is 0. The zero-order valence-corrected chi connectivity index (χ0v) is 21.8. The maximum absolute atomic E-state index is 13.5. The van der Waals surface area contributed by atoms with Crippen molar-refractivity contribution in [3.63, 3.8) is 0 Å². The molecule has 192 valence electrons. The number of hydrogen-bond acceptors (Lipinski definition) is 9. The van der Waals surface area contributed by atoms with Crippen LogP contribution < -0.4 is 14.4 Å². The van der Waals surface area contributed by atoms with E-state index in [2.05, 4.69) is 4.98 Å². The topological polar surface area (TPSA) is 115 Å². The van der Waals surface area contributed by atoms with Crippen LogP contribution in [0.15, 0.2) is 48.0 Å². The number of hydrogen-bond donors (Lipinski definition) is 1. The molecule has 1 amide bonds. The van der Waals surface area contributed by atoms with Gasteiger partial charge in [0.1, 0.15) is 28.2 Å². The number of aryl methyl sites for hydroxylation is 2. The van der Waals surface area contributed by atoms with Gasteiger partial charge in [0.15, 0.2) is 5.13 Å². The van der Waals surface area contributed by atoms with Crippen LogP contribution in [0.3, 0.4) is 0 Å². The summed E-state index contributed by atoms with van der Waals surface area (Å²) in [5.74, 6) is -1.67. The molecule has 0 aliphatic carbocycles. The normalized spacial score (nSPS) is 16.7. The van der Waals surface area contributed by atoms with Gasteiger partial charge < -0.3 is 19.3 Å². The van der Waals surface area contributed by atoms with E-state index in [-0.39, 0.29) is 27.9 Å². The van der Waals surface area contributed by atoms with Crippen molar-refractivity contribution in [1.82, 2.24) is 4.98 Å². The number of ether oxygens (including phenoxy) is 3. The molecule has 10 heteroatoms. The number of thiazole rings is 1. The number of para-hydroxylation sites is 1. The maximum Gasteiger partial charge on any atom is 0.350 e. The summed E-state index contributed by atoms with van der Waals surface area (Å²) in [5, 5.41) is 11.6. The van der Waals surface area contributed by atoms with E-state index in [1.807, 2.05) is 0 Å². The number of Topliss-reactive ketones (excluding diaryl/α,β-unsaturated/α-hetero) is 1. The van der Waals surface area contributed by atoms with Crippen molar-refractivity contribution in [3.8, 4) is 11.5 Å². The first kappa shape index (κ1) is 25.9. The molecule has 2 heterocycles. The molecule has 1 aromatic heterocycles. The first-order chi connectivity index (χ1) is 17.7. The number of nitrogens with zero attached hydrogens (tertiary/aromatic N) is 2. The summed E-state index contributed by atoms with van der Waals surface area (Å²) >= 11 is 0.946. The van der Waals surface area contributed by atoms with E-state index in [4.69, 9.17) is 14.2 Å². The third kappa shape index (κ3) is 4.55. The Bertz CT molecular complexity index is 1430. The van der Waals surface area contributed by atoms with E-state index >= 15 is 0 Å². The number of aliphatic hydroxyl groups excluding tert-OH is 1. The summed E-state index contributed by atoms with van der Waals surface area (Å²) in [6, 6.07) is 10.9. The number of aromatic nitrogens is 1. The van der Waals surface area contributed by atoms with Crippen molar-refractivity contribution in [1.29, 1.82) is 0 Å². The highest BCUT2D eigenvalue weighted by Crippen LogP contribution is 2.46. The highest BCUT2D eigenvalue weighted by Gasteiger charge is 2.49. The van der Waals surface area contributed by atoms with Gasteiger partial charge in [0.25, 0.3) is 5.78 Å². The minimum absolute atomic E-state index is 0.117. The van der Waals surface area contributed by atoms with Crippen LogP contribution in [0, 0.1) is 13.8 Å². The summed E-state index contributed by atoms with van der Waals surface area (Å²) in [4.78, 5) is 45.2. The predicted molar refractivity (Wildman–Crippen MR) is 138 cm³/mol. The van der Waals surface area contributed by atoms with Crippen LogP contribution in [0.2, 0.25) is 0 Å². The van der Waals surface area contributed by atoms with Crippen LogP contribution in [0.4, 0.5) is 5.13 Å². The number of benzene rings is 2. The fraction of sp³-hybridized carbons (Fsp3) is 0.259. The Balaban J connectivity index is 1.96. The maximum atomic E-state index is 13.5. The molecule has 1 aliphatic heterocycles. The molecule has 3 aromatic rings. The molecular formula is C27H26N2O7S. The van der Waals surface area contributed by atoms with Gasteiger partial charge in [-0.1, -0.05) is 29.5 Å². The van der Waals surface area contributed by atoms with Gasteiger partial charge in [0, 0.05) is 11.1 Å². The summed E-state index contributed by atoms with van der Waals surface area (Å²) < 4.78 is 15.9. The summed E-state index contributed by atoms with van der Waals surface area (Å²) in [6.45, 7) is 5.26. The van der Waals surface area contributed by atoms with Crippen molar-refractivity contribution in [2.75, 3.05) is 25.7 Å².